The number of rotatable bonds is 4. The van der Waals surface area contributed by atoms with Crippen molar-refractivity contribution >= 4 is 17.5 Å². The SMILES string of the molecule is CC(C)NC(=O)c1ccnc(C(=O)N2CCN(c3ccccc3)CC2)c1. The molecule has 2 heterocycles. The van der Waals surface area contributed by atoms with Crippen LogP contribution in [0.4, 0.5) is 5.69 Å². The molecule has 0 saturated carbocycles. The minimum atomic E-state index is -0.189. The molecule has 1 fully saturated rings. The number of para-hydroxylation sites is 1. The van der Waals surface area contributed by atoms with Gasteiger partial charge in [-0.05, 0) is 38.1 Å². The third-order valence-corrected chi connectivity index (χ3v) is 4.35. The van der Waals surface area contributed by atoms with Gasteiger partial charge in [-0.3, -0.25) is 14.6 Å². The van der Waals surface area contributed by atoms with Crippen LogP contribution in [0.1, 0.15) is 34.7 Å². The summed E-state index contributed by atoms with van der Waals surface area (Å²) in [6, 6.07) is 13.4. The largest absolute Gasteiger partial charge is 0.368 e. The third kappa shape index (κ3) is 4.20. The van der Waals surface area contributed by atoms with Crippen LogP contribution in [0.25, 0.3) is 0 Å². The lowest BCUT2D eigenvalue weighted by atomic mass is 10.1. The van der Waals surface area contributed by atoms with Crippen LogP contribution in [0, 0.1) is 0 Å². The molecule has 1 aromatic carbocycles. The summed E-state index contributed by atoms with van der Waals surface area (Å²) in [6.07, 6.45) is 1.52. The Morgan fingerprint density at radius 1 is 1.04 bits per heavy atom. The van der Waals surface area contributed by atoms with Crippen molar-refractivity contribution in [1.82, 2.24) is 15.2 Å². The van der Waals surface area contributed by atoms with Crippen LogP contribution in [0.5, 0.6) is 0 Å². The summed E-state index contributed by atoms with van der Waals surface area (Å²) in [4.78, 5) is 33.1. The van der Waals surface area contributed by atoms with Gasteiger partial charge in [0.2, 0.25) is 0 Å². The maximum Gasteiger partial charge on any atom is 0.272 e. The van der Waals surface area contributed by atoms with Gasteiger partial charge in [0.1, 0.15) is 5.69 Å². The Kier molecular flexibility index (Phi) is 5.51. The highest BCUT2D eigenvalue weighted by atomic mass is 16.2. The van der Waals surface area contributed by atoms with Crippen molar-refractivity contribution in [2.45, 2.75) is 19.9 Å². The van der Waals surface area contributed by atoms with E-state index in [4.69, 9.17) is 0 Å². The number of amides is 2. The molecule has 6 nitrogen and oxygen atoms in total. The normalized spacial score (nSPS) is 14.4. The molecule has 1 N–H and O–H groups in total. The Morgan fingerprint density at radius 3 is 2.38 bits per heavy atom. The first kappa shape index (κ1) is 17.9. The topological polar surface area (TPSA) is 65.5 Å². The summed E-state index contributed by atoms with van der Waals surface area (Å²) in [5, 5.41) is 2.83. The summed E-state index contributed by atoms with van der Waals surface area (Å²) in [7, 11) is 0. The van der Waals surface area contributed by atoms with E-state index in [0.717, 1.165) is 13.1 Å². The summed E-state index contributed by atoms with van der Waals surface area (Å²) in [5.74, 6) is -0.317. The number of hydrogen-bond acceptors (Lipinski definition) is 4. The minimum absolute atomic E-state index is 0.0425. The first-order valence-electron chi connectivity index (χ1n) is 8.91. The number of hydrogen-bond donors (Lipinski definition) is 1. The minimum Gasteiger partial charge on any atom is -0.368 e. The first-order valence-corrected chi connectivity index (χ1v) is 8.91. The molecule has 1 aromatic heterocycles. The van der Waals surface area contributed by atoms with Gasteiger partial charge in [-0.1, -0.05) is 18.2 Å². The van der Waals surface area contributed by atoms with Crippen molar-refractivity contribution in [2.75, 3.05) is 31.1 Å². The van der Waals surface area contributed by atoms with Crippen LogP contribution < -0.4 is 10.2 Å². The number of pyridine rings is 1. The van der Waals surface area contributed by atoms with Crippen LogP contribution in [0.3, 0.4) is 0 Å². The number of nitrogens with zero attached hydrogens (tertiary/aromatic N) is 3. The molecule has 1 saturated heterocycles. The highest BCUT2D eigenvalue weighted by Crippen LogP contribution is 2.16. The Labute approximate surface area is 153 Å². The predicted octanol–water partition coefficient (Wildman–Crippen LogP) is 2.18. The first-order chi connectivity index (χ1) is 12.5. The maximum atomic E-state index is 12.8. The molecule has 0 radical (unpaired) electrons. The van der Waals surface area contributed by atoms with Crippen molar-refractivity contribution in [1.29, 1.82) is 0 Å². The summed E-state index contributed by atoms with van der Waals surface area (Å²) < 4.78 is 0. The Balaban J connectivity index is 1.64. The van der Waals surface area contributed by atoms with Crippen LogP contribution in [0.2, 0.25) is 0 Å². The van der Waals surface area contributed by atoms with Gasteiger partial charge in [-0.2, -0.15) is 0 Å². The zero-order valence-electron chi connectivity index (χ0n) is 15.2. The highest BCUT2D eigenvalue weighted by molar-refractivity contribution is 5.98. The molecular formula is C20H24N4O2. The third-order valence-electron chi connectivity index (χ3n) is 4.35. The maximum absolute atomic E-state index is 12.8. The monoisotopic (exact) mass is 352 g/mol. The molecule has 0 bridgehead atoms. The van der Waals surface area contributed by atoms with Crippen molar-refractivity contribution in [3.63, 3.8) is 0 Å². The molecular weight excluding hydrogens is 328 g/mol. The highest BCUT2D eigenvalue weighted by Gasteiger charge is 2.23. The standard InChI is InChI=1S/C20H24N4O2/c1-15(2)22-19(25)16-8-9-21-18(14-16)20(26)24-12-10-23(11-13-24)17-6-4-3-5-7-17/h3-9,14-15H,10-13H2,1-2H3,(H,22,25). The van der Waals surface area contributed by atoms with E-state index in [1.807, 2.05) is 32.0 Å². The Hall–Kier alpha value is -2.89. The van der Waals surface area contributed by atoms with Gasteiger partial charge in [-0.25, -0.2) is 0 Å². The fraction of sp³-hybridized carbons (Fsp3) is 0.350. The molecule has 0 aliphatic carbocycles. The van der Waals surface area contributed by atoms with E-state index >= 15 is 0 Å². The molecule has 0 atom stereocenters. The number of carbonyl (C=O) groups excluding carboxylic acids is 2. The fourth-order valence-electron chi connectivity index (χ4n) is 3.00. The van der Waals surface area contributed by atoms with Crippen molar-refractivity contribution in [3.05, 3.63) is 59.9 Å². The van der Waals surface area contributed by atoms with Gasteiger partial charge in [-0.15, -0.1) is 0 Å². The van der Waals surface area contributed by atoms with Crippen LogP contribution in [0.15, 0.2) is 48.7 Å². The van der Waals surface area contributed by atoms with E-state index in [-0.39, 0.29) is 17.9 Å². The van der Waals surface area contributed by atoms with Crippen LogP contribution >= 0.6 is 0 Å². The second kappa shape index (κ2) is 7.99. The zero-order valence-corrected chi connectivity index (χ0v) is 15.2. The zero-order chi connectivity index (χ0) is 18.5. The molecule has 136 valence electrons. The van der Waals surface area contributed by atoms with Gasteiger partial charge < -0.3 is 15.1 Å². The van der Waals surface area contributed by atoms with E-state index in [1.54, 1.807) is 17.0 Å². The summed E-state index contributed by atoms with van der Waals surface area (Å²) in [5.41, 5.74) is 1.94. The quantitative estimate of drug-likeness (QED) is 0.916. The van der Waals surface area contributed by atoms with E-state index < -0.39 is 0 Å². The van der Waals surface area contributed by atoms with E-state index in [9.17, 15) is 9.59 Å². The molecule has 1 aliphatic heterocycles. The molecule has 0 spiro atoms. The smallest absolute Gasteiger partial charge is 0.272 e. The molecule has 6 heteroatoms. The average molecular weight is 352 g/mol. The Morgan fingerprint density at radius 2 is 1.73 bits per heavy atom. The Bertz CT molecular complexity index is 768. The molecule has 1 aliphatic rings. The number of nitrogens with one attached hydrogen (secondary N) is 1. The molecule has 0 unspecified atom stereocenters. The lowest BCUT2D eigenvalue weighted by Gasteiger charge is -2.36. The predicted molar refractivity (Wildman–Crippen MR) is 101 cm³/mol. The van der Waals surface area contributed by atoms with Gasteiger partial charge in [0.05, 0.1) is 0 Å². The van der Waals surface area contributed by atoms with Crippen LogP contribution in [-0.4, -0.2) is 53.9 Å². The fourth-order valence-corrected chi connectivity index (χ4v) is 3.00. The molecule has 26 heavy (non-hydrogen) atoms. The van der Waals surface area contributed by atoms with Crippen molar-refractivity contribution in [3.8, 4) is 0 Å². The summed E-state index contributed by atoms with van der Waals surface area (Å²) >= 11 is 0. The van der Waals surface area contributed by atoms with E-state index in [2.05, 4.69) is 27.3 Å². The van der Waals surface area contributed by atoms with Crippen LogP contribution in [-0.2, 0) is 0 Å². The molecule has 3 rings (SSSR count). The number of carbonyl (C=O) groups is 2. The second-order valence-electron chi connectivity index (χ2n) is 6.67. The van der Waals surface area contributed by atoms with Crippen molar-refractivity contribution in [2.24, 2.45) is 0 Å². The molecule has 2 aromatic rings. The van der Waals surface area contributed by atoms with E-state index in [0.29, 0.717) is 24.3 Å². The summed E-state index contributed by atoms with van der Waals surface area (Å²) in [6.45, 7) is 6.64. The number of benzene rings is 1. The number of aromatic nitrogens is 1. The second-order valence-corrected chi connectivity index (χ2v) is 6.67. The van der Waals surface area contributed by atoms with Gasteiger partial charge in [0.15, 0.2) is 0 Å². The van der Waals surface area contributed by atoms with E-state index in [1.165, 1.54) is 11.9 Å². The number of piperazine rings is 1. The molecule has 2 amide bonds. The lowest BCUT2D eigenvalue weighted by Crippen LogP contribution is -2.49. The number of anilines is 1. The lowest BCUT2D eigenvalue weighted by molar-refractivity contribution is 0.0741. The van der Waals surface area contributed by atoms with Gasteiger partial charge in [0.25, 0.3) is 11.8 Å². The van der Waals surface area contributed by atoms with Gasteiger partial charge >= 0.3 is 0 Å². The van der Waals surface area contributed by atoms with Crippen molar-refractivity contribution < 1.29 is 9.59 Å². The van der Waals surface area contributed by atoms with Gasteiger partial charge in [0, 0.05) is 49.7 Å². The average Bonchev–Trinajstić information content (AvgIpc) is 2.68.